The number of benzene rings is 10. The van der Waals surface area contributed by atoms with Crippen LogP contribution in [-0.2, 0) is 6.18 Å². The maximum Gasteiger partial charge on any atom is 0.416 e. The molecule has 2 aromatic heterocycles. The van der Waals surface area contributed by atoms with E-state index in [0.717, 1.165) is 78.2 Å². The molecule has 10 aromatic carbocycles. The Morgan fingerprint density at radius 2 is 0.577 bits per heavy atom. The molecule has 0 atom stereocenters. The summed E-state index contributed by atoms with van der Waals surface area (Å²) in [6, 6.07) is 72.5. The predicted molar refractivity (Wildman–Crippen MR) is 296 cm³/mol. The monoisotopic (exact) mass is 1010 g/mol. The molecule has 8 nitrogen and oxygen atoms in total. The molecule has 0 aliphatic heterocycles. The molecule has 0 unspecified atom stereocenters. The second-order valence-corrected chi connectivity index (χ2v) is 18.8. The third kappa shape index (κ3) is 8.17. The molecule has 0 spiro atoms. The Labute approximate surface area is 444 Å². The lowest BCUT2D eigenvalue weighted by atomic mass is 9.96. The van der Waals surface area contributed by atoms with Gasteiger partial charge in [-0.05, 0) is 183 Å². The average molecular weight is 1010 g/mol. The van der Waals surface area contributed by atoms with Gasteiger partial charge in [-0.3, -0.25) is 0 Å². The number of alkyl halides is 3. The van der Waals surface area contributed by atoms with E-state index < -0.39 is 11.7 Å². The van der Waals surface area contributed by atoms with Crippen LogP contribution in [0.5, 0.6) is 0 Å². The lowest BCUT2D eigenvalue weighted by molar-refractivity contribution is -0.137. The van der Waals surface area contributed by atoms with Crippen LogP contribution in [0.4, 0.5) is 13.2 Å². The second-order valence-electron chi connectivity index (χ2n) is 18.8. The van der Waals surface area contributed by atoms with E-state index in [0.29, 0.717) is 55.7 Å². The van der Waals surface area contributed by atoms with E-state index >= 15 is 0 Å². The Morgan fingerprint density at radius 1 is 0.282 bits per heavy atom. The highest BCUT2D eigenvalue weighted by Crippen LogP contribution is 2.44. The molecule has 0 aliphatic rings. The molecule has 0 fully saturated rings. The van der Waals surface area contributed by atoms with Gasteiger partial charge in [-0.15, -0.1) is 0 Å². The first-order valence-electron chi connectivity index (χ1n) is 24.4. The van der Waals surface area contributed by atoms with Crippen molar-refractivity contribution in [3.63, 3.8) is 0 Å². The second kappa shape index (κ2) is 18.8. The average Bonchev–Trinajstić information content (AvgIpc) is 4.22. The molecule has 12 rings (SSSR count). The number of hydrogen-bond donors (Lipinski definition) is 0. The normalized spacial score (nSPS) is 11.2. The van der Waals surface area contributed by atoms with Crippen molar-refractivity contribution in [1.29, 1.82) is 31.6 Å². The molecular formula is C67H33F3N8. The van der Waals surface area contributed by atoms with Gasteiger partial charge in [0.15, 0.2) is 0 Å². The van der Waals surface area contributed by atoms with Gasteiger partial charge in [0.25, 0.3) is 0 Å². The summed E-state index contributed by atoms with van der Waals surface area (Å²) in [6.07, 6.45) is -4.80. The van der Waals surface area contributed by atoms with Crippen molar-refractivity contribution < 1.29 is 13.2 Å². The summed E-state index contributed by atoms with van der Waals surface area (Å²) in [5, 5.41) is 64.3. The summed E-state index contributed by atoms with van der Waals surface area (Å²) in [6.45, 7) is 0. The van der Waals surface area contributed by atoms with Crippen LogP contribution in [0, 0.1) is 68.0 Å². The van der Waals surface area contributed by atoms with E-state index in [1.807, 2.05) is 137 Å². The fourth-order valence-corrected chi connectivity index (χ4v) is 10.6. The van der Waals surface area contributed by atoms with E-state index in [2.05, 4.69) is 30.3 Å². The zero-order chi connectivity index (χ0) is 53.8. The van der Waals surface area contributed by atoms with Gasteiger partial charge in [0.2, 0.25) is 0 Å². The number of nitriles is 6. The Bertz CT molecular complexity index is 4330. The van der Waals surface area contributed by atoms with Crippen molar-refractivity contribution in [3.05, 3.63) is 239 Å². The molecule has 11 heteroatoms. The van der Waals surface area contributed by atoms with Crippen molar-refractivity contribution >= 4 is 43.6 Å². The van der Waals surface area contributed by atoms with Gasteiger partial charge in [-0.1, -0.05) is 72.8 Å². The molecular weight excluding hydrogens is 974 g/mol. The number of rotatable bonds is 7. The summed E-state index contributed by atoms with van der Waals surface area (Å²) in [4.78, 5) is 0. The van der Waals surface area contributed by atoms with Crippen molar-refractivity contribution in [1.82, 2.24) is 9.13 Å². The van der Waals surface area contributed by atoms with Crippen LogP contribution in [0.1, 0.15) is 38.9 Å². The Morgan fingerprint density at radius 3 is 0.872 bits per heavy atom. The summed E-state index contributed by atoms with van der Waals surface area (Å²) >= 11 is 0. The van der Waals surface area contributed by atoms with Crippen molar-refractivity contribution in [2.75, 3.05) is 0 Å². The van der Waals surface area contributed by atoms with Gasteiger partial charge in [-0.25, -0.2) is 0 Å². The van der Waals surface area contributed by atoms with Crippen LogP contribution in [-0.4, -0.2) is 9.13 Å². The van der Waals surface area contributed by atoms with Crippen LogP contribution in [0.25, 0.3) is 111 Å². The van der Waals surface area contributed by atoms with Gasteiger partial charge >= 0.3 is 6.18 Å². The van der Waals surface area contributed by atoms with E-state index in [4.69, 9.17) is 0 Å². The first kappa shape index (κ1) is 47.5. The topological polar surface area (TPSA) is 153 Å². The molecule has 0 bridgehead atoms. The predicted octanol–water partition coefficient (Wildman–Crippen LogP) is 16.5. The van der Waals surface area contributed by atoms with Gasteiger partial charge in [0.1, 0.15) is 11.6 Å². The highest BCUT2D eigenvalue weighted by atomic mass is 19.4. The quantitative estimate of drug-likeness (QED) is 0.155. The Balaban J connectivity index is 1.20. The maximum absolute atomic E-state index is 14.8. The number of halogens is 3. The molecule has 2 heterocycles. The van der Waals surface area contributed by atoms with Crippen LogP contribution in [0.2, 0.25) is 0 Å². The summed E-state index contributed by atoms with van der Waals surface area (Å²) < 4.78 is 48.2. The Kier molecular flexibility index (Phi) is 11.4. The molecule has 0 radical (unpaired) electrons. The Hall–Kier alpha value is -11.5. The maximum atomic E-state index is 14.8. The third-order valence-electron chi connectivity index (χ3n) is 14.2. The molecule has 0 amide bonds. The standard InChI is InChI=1S/C67H33F3N8/c68-67(69,70)55-26-44(38-75)25-53(27-55)54-32-65(77-61-17-13-49(45-9-1-5-40(21-45)34-71)28-56(61)57-29-50(14-18-62(57)77)46-10-2-6-41(22-46)35-72)60(39-76)66(33-54)78-63-19-15-51(47-11-3-7-42(23-47)36-73)30-58(63)59-31-52(16-20-64(59)78)48-12-4-8-43(24-48)37-74/h1-33H. The van der Waals surface area contributed by atoms with E-state index in [1.54, 1.807) is 60.7 Å². The highest BCUT2D eigenvalue weighted by Gasteiger charge is 2.32. The number of fused-ring (bicyclic) bond motifs is 6. The van der Waals surface area contributed by atoms with Crippen molar-refractivity contribution in [3.8, 4) is 103 Å². The first-order chi connectivity index (χ1) is 38.0. The molecule has 0 saturated carbocycles. The smallest absolute Gasteiger partial charge is 0.308 e. The van der Waals surface area contributed by atoms with Crippen LogP contribution in [0.3, 0.4) is 0 Å². The van der Waals surface area contributed by atoms with Gasteiger partial charge in [0.05, 0.1) is 97.2 Å². The first-order valence-corrected chi connectivity index (χ1v) is 24.4. The minimum atomic E-state index is -4.80. The summed E-state index contributed by atoms with van der Waals surface area (Å²) in [7, 11) is 0. The molecule has 78 heavy (non-hydrogen) atoms. The molecule has 0 N–H and O–H groups in total. The molecule has 12 aromatic rings. The lowest BCUT2D eigenvalue weighted by Gasteiger charge is -2.19. The fourth-order valence-electron chi connectivity index (χ4n) is 10.6. The van der Waals surface area contributed by atoms with Crippen LogP contribution >= 0.6 is 0 Å². The SMILES string of the molecule is N#Cc1cccc(-c2ccc3c(c2)c2cc(-c4cccc(C#N)c4)ccc2n3-c2cc(-c3cc(C#N)cc(C(F)(F)F)c3)cc(-n3c4ccc(-c5cccc(C#N)c5)cc4c4cc(-c5cccc(C#N)c5)ccc43)c2C#N)c1. The molecule has 0 saturated heterocycles. The number of hydrogen-bond acceptors (Lipinski definition) is 6. The molecule has 362 valence electrons. The zero-order valence-electron chi connectivity index (χ0n) is 40.8. The largest absolute Gasteiger partial charge is 0.416 e. The third-order valence-corrected chi connectivity index (χ3v) is 14.2. The fraction of sp³-hybridized carbons (Fsp3) is 0.0149. The summed E-state index contributed by atoms with van der Waals surface area (Å²) in [5.74, 6) is 0. The van der Waals surface area contributed by atoms with Crippen molar-refractivity contribution in [2.24, 2.45) is 0 Å². The van der Waals surface area contributed by atoms with Crippen molar-refractivity contribution in [2.45, 2.75) is 6.18 Å². The minimum Gasteiger partial charge on any atom is -0.308 e. The van der Waals surface area contributed by atoms with Gasteiger partial charge < -0.3 is 9.13 Å². The number of nitrogens with zero attached hydrogens (tertiary/aromatic N) is 8. The van der Waals surface area contributed by atoms with E-state index in [9.17, 15) is 44.7 Å². The molecule has 0 aliphatic carbocycles. The van der Waals surface area contributed by atoms with E-state index in [-0.39, 0.29) is 22.3 Å². The van der Waals surface area contributed by atoms with E-state index in [1.165, 1.54) is 6.07 Å². The minimum absolute atomic E-state index is 0.0912. The van der Waals surface area contributed by atoms with Gasteiger partial charge in [0, 0.05) is 21.5 Å². The lowest BCUT2D eigenvalue weighted by Crippen LogP contribution is -2.07. The summed E-state index contributed by atoms with van der Waals surface area (Å²) in [5.41, 5.74) is 11.0. The van der Waals surface area contributed by atoms with Crippen LogP contribution < -0.4 is 0 Å². The van der Waals surface area contributed by atoms with Crippen LogP contribution in [0.15, 0.2) is 200 Å². The number of aromatic nitrogens is 2. The zero-order valence-corrected chi connectivity index (χ0v) is 40.8. The van der Waals surface area contributed by atoms with Gasteiger partial charge in [-0.2, -0.15) is 44.7 Å². The highest BCUT2D eigenvalue weighted by molar-refractivity contribution is 6.14.